The first-order valence-electron chi connectivity index (χ1n) is 6.99. The molecule has 2 aromatic carbocycles. The van der Waals surface area contributed by atoms with Crippen LogP contribution in [0, 0.1) is 5.82 Å². The summed E-state index contributed by atoms with van der Waals surface area (Å²) in [5.74, 6) is 0.736. The van der Waals surface area contributed by atoms with Gasteiger partial charge in [-0.25, -0.2) is 4.39 Å². The van der Waals surface area contributed by atoms with Gasteiger partial charge >= 0.3 is 0 Å². The van der Waals surface area contributed by atoms with Crippen LogP contribution in [0.1, 0.15) is 18.5 Å². The summed E-state index contributed by atoms with van der Waals surface area (Å²) in [5, 5.41) is 3.34. The Morgan fingerprint density at radius 3 is 2.43 bits per heavy atom. The third-order valence-corrected chi connectivity index (χ3v) is 3.21. The fraction of sp³-hybridized carbons (Fsp3) is 0.294. The zero-order chi connectivity index (χ0) is 15.1. The highest BCUT2D eigenvalue weighted by Crippen LogP contribution is 2.21. The lowest BCUT2D eigenvalue weighted by Crippen LogP contribution is -2.26. The molecule has 4 heteroatoms. The van der Waals surface area contributed by atoms with Gasteiger partial charge in [-0.2, -0.15) is 0 Å². The molecule has 0 aromatic heterocycles. The van der Waals surface area contributed by atoms with Gasteiger partial charge in [-0.05, 0) is 36.4 Å². The van der Waals surface area contributed by atoms with Crippen LogP contribution in [-0.2, 0) is 0 Å². The number of nitrogens with one attached hydrogen (secondary N) is 1. The smallest absolute Gasteiger partial charge is 0.165 e. The molecule has 112 valence electrons. The second-order valence-electron chi connectivity index (χ2n) is 4.62. The number of ether oxygens (including phenoxy) is 2. The molecule has 0 fully saturated rings. The highest BCUT2D eigenvalue weighted by atomic mass is 19.1. The van der Waals surface area contributed by atoms with Crippen molar-refractivity contribution in [2.45, 2.75) is 13.0 Å². The normalized spacial score (nSPS) is 12.0. The van der Waals surface area contributed by atoms with Crippen LogP contribution in [0.4, 0.5) is 4.39 Å². The van der Waals surface area contributed by atoms with Gasteiger partial charge in [0.2, 0.25) is 0 Å². The summed E-state index contributed by atoms with van der Waals surface area (Å²) in [6, 6.07) is 14.2. The maximum atomic E-state index is 13.6. The van der Waals surface area contributed by atoms with Crippen molar-refractivity contribution < 1.29 is 13.9 Å². The Bertz CT molecular complexity index is 557. The first kappa shape index (κ1) is 15.3. The third kappa shape index (κ3) is 4.20. The van der Waals surface area contributed by atoms with E-state index in [-0.39, 0.29) is 17.6 Å². The Morgan fingerprint density at radius 1 is 1.10 bits per heavy atom. The Hall–Kier alpha value is -2.07. The predicted molar refractivity (Wildman–Crippen MR) is 81.3 cm³/mol. The van der Waals surface area contributed by atoms with E-state index in [0.29, 0.717) is 6.61 Å². The van der Waals surface area contributed by atoms with E-state index in [1.54, 1.807) is 25.3 Å². The molecule has 1 unspecified atom stereocenters. The summed E-state index contributed by atoms with van der Waals surface area (Å²) in [6.45, 7) is 3.19. The summed E-state index contributed by atoms with van der Waals surface area (Å²) in [7, 11) is 1.64. The van der Waals surface area contributed by atoms with Gasteiger partial charge in [-0.3, -0.25) is 0 Å². The topological polar surface area (TPSA) is 30.5 Å². The Labute approximate surface area is 124 Å². The maximum absolute atomic E-state index is 13.6. The average molecular weight is 289 g/mol. The van der Waals surface area contributed by atoms with E-state index in [9.17, 15) is 4.39 Å². The van der Waals surface area contributed by atoms with Crippen molar-refractivity contribution in [2.75, 3.05) is 20.3 Å². The van der Waals surface area contributed by atoms with Crippen molar-refractivity contribution in [3.05, 3.63) is 59.9 Å². The molecule has 0 radical (unpaired) electrons. The van der Waals surface area contributed by atoms with Crippen LogP contribution in [-0.4, -0.2) is 20.3 Å². The lowest BCUT2D eigenvalue weighted by atomic mass is 10.1. The SMILES string of the molecule is CCNC(COc1ccccc1F)c1ccc(OC)cc1. The molecule has 2 aromatic rings. The zero-order valence-electron chi connectivity index (χ0n) is 12.3. The van der Waals surface area contributed by atoms with Gasteiger partial charge in [-0.1, -0.05) is 31.2 Å². The molecule has 0 aliphatic rings. The monoisotopic (exact) mass is 289 g/mol. The zero-order valence-corrected chi connectivity index (χ0v) is 12.3. The lowest BCUT2D eigenvalue weighted by Gasteiger charge is -2.19. The lowest BCUT2D eigenvalue weighted by molar-refractivity contribution is 0.257. The molecule has 1 atom stereocenters. The van der Waals surface area contributed by atoms with E-state index in [0.717, 1.165) is 17.9 Å². The molecule has 0 saturated heterocycles. The molecule has 21 heavy (non-hydrogen) atoms. The fourth-order valence-electron chi connectivity index (χ4n) is 2.09. The van der Waals surface area contributed by atoms with E-state index in [4.69, 9.17) is 9.47 Å². The number of halogens is 1. The largest absolute Gasteiger partial charge is 0.497 e. The second kappa shape index (κ2) is 7.64. The number of rotatable bonds is 7. The van der Waals surface area contributed by atoms with E-state index in [1.165, 1.54) is 6.07 Å². The Kier molecular flexibility index (Phi) is 5.58. The van der Waals surface area contributed by atoms with E-state index >= 15 is 0 Å². The van der Waals surface area contributed by atoms with Crippen LogP contribution < -0.4 is 14.8 Å². The molecule has 0 heterocycles. The quantitative estimate of drug-likeness (QED) is 0.845. The van der Waals surface area contributed by atoms with Crippen LogP contribution in [0.25, 0.3) is 0 Å². The average Bonchev–Trinajstić information content (AvgIpc) is 2.53. The van der Waals surface area contributed by atoms with Gasteiger partial charge < -0.3 is 14.8 Å². The molecule has 0 amide bonds. The van der Waals surface area contributed by atoms with Crippen molar-refractivity contribution in [2.24, 2.45) is 0 Å². The Morgan fingerprint density at radius 2 is 1.81 bits per heavy atom. The van der Waals surface area contributed by atoms with E-state index < -0.39 is 0 Å². The van der Waals surface area contributed by atoms with Crippen molar-refractivity contribution in [3.8, 4) is 11.5 Å². The van der Waals surface area contributed by atoms with Crippen LogP contribution in [0.2, 0.25) is 0 Å². The van der Waals surface area contributed by atoms with Crippen molar-refractivity contribution in [3.63, 3.8) is 0 Å². The highest BCUT2D eigenvalue weighted by Gasteiger charge is 2.12. The van der Waals surface area contributed by atoms with Crippen molar-refractivity contribution in [1.29, 1.82) is 0 Å². The Balaban J connectivity index is 2.06. The summed E-state index contributed by atoms with van der Waals surface area (Å²) < 4.78 is 24.3. The minimum absolute atomic E-state index is 0.000474. The minimum atomic E-state index is -0.345. The molecule has 3 nitrogen and oxygen atoms in total. The third-order valence-electron chi connectivity index (χ3n) is 3.21. The summed E-state index contributed by atoms with van der Waals surface area (Å²) in [5.41, 5.74) is 1.08. The number of benzene rings is 2. The second-order valence-corrected chi connectivity index (χ2v) is 4.62. The molecule has 0 bridgehead atoms. The van der Waals surface area contributed by atoms with E-state index in [1.807, 2.05) is 31.2 Å². The first-order chi connectivity index (χ1) is 10.2. The van der Waals surface area contributed by atoms with Crippen LogP contribution in [0.15, 0.2) is 48.5 Å². The van der Waals surface area contributed by atoms with Gasteiger partial charge in [-0.15, -0.1) is 0 Å². The first-order valence-corrected chi connectivity index (χ1v) is 6.99. The minimum Gasteiger partial charge on any atom is -0.497 e. The van der Waals surface area contributed by atoms with Crippen LogP contribution in [0.3, 0.4) is 0 Å². The maximum Gasteiger partial charge on any atom is 0.165 e. The molecular formula is C17H20FNO2. The van der Waals surface area contributed by atoms with E-state index in [2.05, 4.69) is 5.32 Å². The fourth-order valence-corrected chi connectivity index (χ4v) is 2.09. The molecule has 0 aliphatic carbocycles. The molecule has 0 aliphatic heterocycles. The number of methoxy groups -OCH3 is 1. The number of likely N-dealkylation sites (N-methyl/N-ethyl adjacent to an activating group) is 1. The number of para-hydroxylation sites is 1. The molecule has 0 spiro atoms. The van der Waals surface area contributed by atoms with Crippen LogP contribution in [0.5, 0.6) is 11.5 Å². The standard InChI is InChI=1S/C17H20FNO2/c1-3-19-16(13-8-10-14(20-2)11-9-13)12-21-17-7-5-4-6-15(17)18/h4-11,16,19H,3,12H2,1-2H3. The van der Waals surface area contributed by atoms with Crippen molar-refractivity contribution in [1.82, 2.24) is 5.32 Å². The van der Waals surface area contributed by atoms with Gasteiger partial charge in [0.15, 0.2) is 11.6 Å². The molecular weight excluding hydrogens is 269 g/mol. The van der Waals surface area contributed by atoms with Crippen LogP contribution >= 0.6 is 0 Å². The highest BCUT2D eigenvalue weighted by molar-refractivity contribution is 5.29. The van der Waals surface area contributed by atoms with Gasteiger partial charge in [0.25, 0.3) is 0 Å². The van der Waals surface area contributed by atoms with Crippen molar-refractivity contribution >= 4 is 0 Å². The predicted octanol–water partition coefficient (Wildman–Crippen LogP) is 3.56. The van der Waals surface area contributed by atoms with Gasteiger partial charge in [0.1, 0.15) is 12.4 Å². The molecule has 0 saturated carbocycles. The molecule has 1 N–H and O–H groups in total. The summed E-state index contributed by atoms with van der Waals surface area (Å²) in [6.07, 6.45) is 0. The summed E-state index contributed by atoms with van der Waals surface area (Å²) in [4.78, 5) is 0. The number of hydrogen-bond donors (Lipinski definition) is 1. The number of hydrogen-bond acceptors (Lipinski definition) is 3. The summed E-state index contributed by atoms with van der Waals surface area (Å²) >= 11 is 0. The molecule has 2 rings (SSSR count). The van der Waals surface area contributed by atoms with Gasteiger partial charge in [0, 0.05) is 0 Å². The van der Waals surface area contributed by atoms with Gasteiger partial charge in [0.05, 0.1) is 13.2 Å².